The van der Waals surface area contributed by atoms with Gasteiger partial charge in [-0.05, 0) is 51.0 Å². The van der Waals surface area contributed by atoms with E-state index in [4.69, 9.17) is 47.4 Å². The van der Waals surface area contributed by atoms with Crippen LogP contribution in [0.3, 0.4) is 0 Å². The molecule has 0 radical (unpaired) electrons. The topological polar surface area (TPSA) is 158 Å². The molecule has 71 heavy (non-hydrogen) atoms. The normalized spacial score (nSPS) is 24.1. The predicted molar refractivity (Wildman–Crippen MR) is 264 cm³/mol. The molecule has 6 aromatic rings. The molecule has 0 spiro atoms. The van der Waals surface area contributed by atoms with E-state index in [1.165, 1.54) is 6.92 Å². The summed E-state index contributed by atoms with van der Waals surface area (Å²) in [5.41, 5.74) is 15.7. The number of ether oxygens (including phenoxy) is 10. The third-order valence-corrected chi connectivity index (χ3v) is 12.4. The van der Waals surface area contributed by atoms with Crippen molar-refractivity contribution in [1.29, 1.82) is 0 Å². The Hall–Kier alpha value is -6.42. The van der Waals surface area contributed by atoms with E-state index in [1.54, 1.807) is 7.11 Å². The zero-order valence-corrected chi connectivity index (χ0v) is 40.0. The van der Waals surface area contributed by atoms with E-state index in [0.717, 1.165) is 33.4 Å². The highest BCUT2D eigenvalue weighted by atomic mass is 16.7. The molecule has 14 heteroatoms. The molecule has 0 amide bonds. The summed E-state index contributed by atoms with van der Waals surface area (Å²) >= 11 is 0. The monoisotopic (exact) mass is 963 g/mol. The van der Waals surface area contributed by atoms with Gasteiger partial charge in [-0.1, -0.05) is 169 Å². The fourth-order valence-corrected chi connectivity index (χ4v) is 8.82. The summed E-state index contributed by atoms with van der Waals surface area (Å²) in [6.45, 7) is 2.33. The Kier molecular flexibility index (Phi) is 19.2. The molecule has 2 aliphatic rings. The number of carbonyl (C=O) groups excluding carboxylic acids is 1. The Bertz CT molecular complexity index is 2520. The van der Waals surface area contributed by atoms with E-state index in [-0.39, 0.29) is 52.7 Å². The number of rotatable bonds is 24. The van der Waals surface area contributed by atoms with Crippen LogP contribution in [0.5, 0.6) is 5.75 Å². The SMILES string of the molecule is COc1ccc(CO[C@H]2[C@H](O[C@H]3O[C@H](COC(C)=O)C[C@H](OCc4ccccc4)[C@H]3N=[N+]=[N-])[C@@H](OCc3ccccc3)[C@H](OCc3ccccc3)C(OCc3ccccc3)[C@H]2OCc2ccccc2)cc1. The van der Waals surface area contributed by atoms with E-state index < -0.39 is 67.1 Å². The third kappa shape index (κ3) is 14.8. The van der Waals surface area contributed by atoms with Crippen molar-refractivity contribution in [3.8, 4) is 5.75 Å². The van der Waals surface area contributed by atoms with Crippen LogP contribution in [-0.2, 0) is 87.1 Å². The molecule has 8 rings (SSSR count). The van der Waals surface area contributed by atoms with Gasteiger partial charge in [0, 0.05) is 18.3 Å². The predicted octanol–water partition coefficient (Wildman–Crippen LogP) is 10.3. The van der Waals surface area contributed by atoms with Crippen molar-refractivity contribution in [1.82, 2.24) is 0 Å². The van der Waals surface area contributed by atoms with Crippen LogP contribution in [-0.4, -0.2) is 80.8 Å². The van der Waals surface area contributed by atoms with Crippen LogP contribution < -0.4 is 4.74 Å². The molecule has 0 N–H and O–H groups in total. The standard InChI is InChI=1S/C57H61N3O11/c1-40(61)63-39-48-32-49(64-33-41-18-8-3-9-19-41)50(59-60-58)57(70-48)71-56-54(68-37-45-26-16-7-17-27-45)52(66-35-43-22-12-5-13-23-43)51(65-34-42-20-10-4-11-21-42)53(67-36-44-24-14-6-15-25-44)55(56)69-38-46-28-30-47(62-2)31-29-46/h3-31,48-57H,32-39H2,1-2H3/t48-,49-,50+,51?,52+,53+,54-,55+,56+,57+/m0/s1. The summed E-state index contributed by atoms with van der Waals surface area (Å²) in [6, 6.07) is 55.8. The van der Waals surface area contributed by atoms with Gasteiger partial charge in [0.15, 0.2) is 6.29 Å². The minimum Gasteiger partial charge on any atom is -0.497 e. The Morgan fingerprint density at radius 1 is 0.521 bits per heavy atom. The quantitative estimate of drug-likeness (QED) is 0.0246. The van der Waals surface area contributed by atoms with Gasteiger partial charge in [0.05, 0.1) is 59.0 Å². The summed E-state index contributed by atoms with van der Waals surface area (Å²) < 4.78 is 67.2. The number of carbonyl (C=O) groups is 1. The van der Waals surface area contributed by atoms with Crippen LogP contribution in [0.4, 0.5) is 0 Å². The fraction of sp³-hybridized carbons (Fsp3) is 0.351. The van der Waals surface area contributed by atoms with Gasteiger partial charge in [-0.25, -0.2) is 0 Å². The molecule has 370 valence electrons. The lowest BCUT2D eigenvalue weighted by Crippen LogP contribution is -2.68. The third-order valence-electron chi connectivity index (χ3n) is 12.4. The van der Waals surface area contributed by atoms with Crippen molar-refractivity contribution in [3.05, 3.63) is 220 Å². The summed E-state index contributed by atoms with van der Waals surface area (Å²) in [7, 11) is 1.62. The molecule has 6 aromatic carbocycles. The second-order valence-electron chi connectivity index (χ2n) is 17.5. The van der Waals surface area contributed by atoms with Crippen LogP contribution in [0, 0.1) is 0 Å². The maximum absolute atomic E-state index is 12.2. The van der Waals surface area contributed by atoms with E-state index >= 15 is 0 Å². The Balaban J connectivity index is 1.25. The Morgan fingerprint density at radius 3 is 1.23 bits per heavy atom. The van der Waals surface area contributed by atoms with Gasteiger partial charge in [-0.3, -0.25) is 4.79 Å². The molecular weight excluding hydrogens is 903 g/mol. The minimum absolute atomic E-state index is 0.0968. The van der Waals surface area contributed by atoms with Crippen LogP contribution in [0.25, 0.3) is 10.4 Å². The highest BCUT2D eigenvalue weighted by Crippen LogP contribution is 2.39. The average molecular weight is 964 g/mol. The average Bonchev–Trinajstić information content (AvgIpc) is 3.41. The summed E-state index contributed by atoms with van der Waals surface area (Å²) in [4.78, 5) is 15.5. The summed E-state index contributed by atoms with van der Waals surface area (Å²) in [5, 5.41) is 4.29. The minimum atomic E-state index is -1.27. The first kappa shape index (κ1) is 51.0. The maximum Gasteiger partial charge on any atom is 0.302 e. The zero-order chi connectivity index (χ0) is 49.0. The molecular formula is C57H61N3O11. The van der Waals surface area contributed by atoms with Gasteiger partial charge in [0.25, 0.3) is 0 Å². The lowest BCUT2D eigenvalue weighted by atomic mass is 9.83. The van der Waals surface area contributed by atoms with Gasteiger partial charge in [-0.2, -0.15) is 0 Å². The number of methoxy groups -OCH3 is 1. The first-order valence-electron chi connectivity index (χ1n) is 23.9. The van der Waals surface area contributed by atoms with Gasteiger partial charge < -0.3 is 47.4 Å². The lowest BCUT2D eigenvalue weighted by molar-refractivity contribution is -0.330. The van der Waals surface area contributed by atoms with E-state index in [1.807, 2.05) is 176 Å². The molecule has 1 aliphatic carbocycles. The van der Waals surface area contributed by atoms with E-state index in [2.05, 4.69) is 10.0 Å². The molecule has 1 saturated carbocycles. The molecule has 0 aromatic heterocycles. The molecule has 2 fully saturated rings. The number of benzene rings is 6. The Morgan fingerprint density at radius 2 is 0.873 bits per heavy atom. The van der Waals surface area contributed by atoms with Gasteiger partial charge >= 0.3 is 5.97 Å². The number of hydrogen-bond donors (Lipinski definition) is 0. The first-order chi connectivity index (χ1) is 34.9. The molecule has 1 unspecified atom stereocenters. The van der Waals surface area contributed by atoms with Gasteiger partial charge in [0.2, 0.25) is 0 Å². The van der Waals surface area contributed by atoms with Crippen molar-refractivity contribution in [3.63, 3.8) is 0 Å². The van der Waals surface area contributed by atoms with Gasteiger partial charge in [-0.15, -0.1) is 0 Å². The highest BCUT2D eigenvalue weighted by Gasteiger charge is 2.57. The van der Waals surface area contributed by atoms with Gasteiger partial charge in [0.1, 0.15) is 55.0 Å². The van der Waals surface area contributed by atoms with E-state index in [9.17, 15) is 10.3 Å². The largest absolute Gasteiger partial charge is 0.497 e. The van der Waals surface area contributed by atoms with Crippen molar-refractivity contribution in [2.24, 2.45) is 5.11 Å². The lowest BCUT2D eigenvalue weighted by Gasteiger charge is -2.51. The maximum atomic E-state index is 12.2. The number of azide groups is 1. The summed E-state index contributed by atoms with van der Waals surface area (Å²) in [6.07, 6.45) is -7.97. The number of esters is 1. The van der Waals surface area contributed by atoms with Crippen molar-refractivity contribution in [2.45, 2.75) is 114 Å². The molecule has 0 bridgehead atoms. The smallest absolute Gasteiger partial charge is 0.302 e. The second kappa shape index (κ2) is 26.7. The van der Waals surface area contributed by atoms with Crippen LogP contribution in [0.1, 0.15) is 46.7 Å². The molecule has 1 saturated heterocycles. The summed E-state index contributed by atoms with van der Waals surface area (Å²) in [5.74, 6) is 0.224. The first-order valence-corrected chi connectivity index (χ1v) is 23.9. The number of hydrogen-bond acceptors (Lipinski definition) is 12. The zero-order valence-electron chi connectivity index (χ0n) is 40.0. The van der Waals surface area contributed by atoms with Crippen LogP contribution in [0.2, 0.25) is 0 Å². The fourth-order valence-electron chi connectivity index (χ4n) is 8.82. The molecule has 1 aliphatic heterocycles. The number of nitrogens with zero attached hydrogens (tertiary/aromatic N) is 3. The molecule has 1 heterocycles. The van der Waals surface area contributed by atoms with Crippen LogP contribution in [0.15, 0.2) is 181 Å². The van der Waals surface area contributed by atoms with Crippen molar-refractivity contribution >= 4 is 5.97 Å². The van der Waals surface area contributed by atoms with Crippen molar-refractivity contribution < 1.29 is 52.2 Å². The Labute approximate surface area is 415 Å². The molecule has 14 nitrogen and oxygen atoms in total. The highest BCUT2D eigenvalue weighted by molar-refractivity contribution is 5.65. The van der Waals surface area contributed by atoms with Crippen LogP contribution >= 0.6 is 0 Å². The second-order valence-corrected chi connectivity index (χ2v) is 17.5. The van der Waals surface area contributed by atoms with E-state index in [0.29, 0.717) is 5.75 Å². The van der Waals surface area contributed by atoms with Crippen molar-refractivity contribution in [2.75, 3.05) is 13.7 Å². The molecule has 10 atom stereocenters.